The molecule has 0 radical (unpaired) electrons. The lowest BCUT2D eigenvalue weighted by atomic mass is 9.94. The van der Waals surface area contributed by atoms with Gasteiger partial charge in [-0.1, -0.05) is 35.3 Å². The molecule has 1 heterocycles. The Labute approximate surface area is 204 Å². The summed E-state index contributed by atoms with van der Waals surface area (Å²) in [4.78, 5) is 27.6. The van der Waals surface area contributed by atoms with E-state index in [9.17, 15) is 19.1 Å². The van der Waals surface area contributed by atoms with Crippen molar-refractivity contribution in [3.05, 3.63) is 93.2 Å². The zero-order chi connectivity index (χ0) is 24.6. The Hall–Kier alpha value is -3.55. The number of carbonyl (C=O) groups excluding carboxylic acids is 2. The first-order valence-corrected chi connectivity index (χ1v) is 10.8. The Morgan fingerprint density at radius 1 is 1.00 bits per heavy atom. The fourth-order valence-electron chi connectivity index (χ4n) is 3.87. The number of aliphatic hydroxyl groups is 1. The van der Waals surface area contributed by atoms with E-state index in [0.717, 1.165) is 11.0 Å². The number of carbonyl (C=O) groups is 2. The molecule has 4 rings (SSSR count). The fourth-order valence-corrected chi connectivity index (χ4v) is 4.22. The third kappa shape index (κ3) is 4.08. The summed E-state index contributed by atoms with van der Waals surface area (Å²) in [6, 6.07) is 13.8. The largest absolute Gasteiger partial charge is 0.507 e. The van der Waals surface area contributed by atoms with Gasteiger partial charge in [0.25, 0.3) is 11.7 Å². The molecule has 34 heavy (non-hydrogen) atoms. The van der Waals surface area contributed by atoms with Gasteiger partial charge in [0, 0.05) is 10.7 Å². The maximum absolute atomic E-state index is 13.8. The number of nitrogens with zero attached hydrogens (tertiary/aromatic N) is 1. The number of hydrogen-bond donors (Lipinski definition) is 1. The van der Waals surface area contributed by atoms with E-state index in [1.165, 1.54) is 38.5 Å². The first-order valence-electron chi connectivity index (χ1n) is 10.0. The lowest BCUT2D eigenvalue weighted by Crippen LogP contribution is -2.29. The molecule has 1 atom stereocenters. The third-order valence-corrected chi connectivity index (χ3v) is 5.98. The molecule has 1 aliphatic rings. The minimum atomic E-state index is -1.07. The van der Waals surface area contributed by atoms with E-state index in [1.807, 2.05) is 0 Å². The minimum Gasteiger partial charge on any atom is -0.507 e. The van der Waals surface area contributed by atoms with Crippen LogP contribution >= 0.6 is 23.2 Å². The Morgan fingerprint density at radius 2 is 1.76 bits per heavy atom. The summed E-state index contributed by atoms with van der Waals surface area (Å²) in [5, 5.41) is 11.4. The molecule has 174 valence electrons. The monoisotopic (exact) mass is 501 g/mol. The predicted molar refractivity (Wildman–Crippen MR) is 127 cm³/mol. The predicted octanol–water partition coefficient (Wildman–Crippen LogP) is 5.78. The molecule has 1 aliphatic heterocycles. The van der Waals surface area contributed by atoms with E-state index in [4.69, 9.17) is 32.7 Å². The molecule has 3 aromatic rings. The summed E-state index contributed by atoms with van der Waals surface area (Å²) in [5.41, 5.74) is 0.595. The zero-order valence-corrected chi connectivity index (χ0v) is 19.5. The van der Waals surface area contributed by atoms with Crippen LogP contribution < -0.4 is 14.4 Å². The quantitative estimate of drug-likeness (QED) is 0.272. The van der Waals surface area contributed by atoms with E-state index < -0.39 is 29.3 Å². The van der Waals surface area contributed by atoms with E-state index >= 15 is 0 Å². The standard InChI is InChI=1S/C25H18Cl2FNO5/c1-33-16-5-3-4-13(10-16)22-21(23(30)17-11-14(26)6-9-20(17)34-2)24(31)25(32)29(22)15-7-8-19(28)18(27)12-15/h3-12,22,30H,1-2H3/b23-21+. The number of ketones is 1. The average Bonchev–Trinajstić information content (AvgIpc) is 3.10. The van der Waals surface area contributed by atoms with Crippen LogP contribution in [-0.2, 0) is 9.59 Å². The lowest BCUT2D eigenvalue weighted by molar-refractivity contribution is -0.132. The van der Waals surface area contributed by atoms with Gasteiger partial charge in [0.05, 0.1) is 36.4 Å². The van der Waals surface area contributed by atoms with Crippen molar-refractivity contribution in [3.8, 4) is 11.5 Å². The Kier molecular flexibility index (Phi) is 6.50. The molecule has 1 N–H and O–H groups in total. The number of aliphatic hydroxyl groups excluding tert-OH is 1. The third-order valence-electron chi connectivity index (χ3n) is 5.45. The second-order valence-corrected chi connectivity index (χ2v) is 8.23. The van der Waals surface area contributed by atoms with Crippen molar-refractivity contribution in [1.29, 1.82) is 0 Å². The number of anilines is 1. The lowest BCUT2D eigenvalue weighted by Gasteiger charge is -2.26. The highest BCUT2D eigenvalue weighted by molar-refractivity contribution is 6.52. The molecule has 1 fully saturated rings. The molecule has 1 saturated heterocycles. The second-order valence-electron chi connectivity index (χ2n) is 7.39. The number of methoxy groups -OCH3 is 2. The second kappa shape index (κ2) is 9.37. The van der Waals surface area contributed by atoms with Gasteiger partial charge in [-0.15, -0.1) is 0 Å². The van der Waals surface area contributed by atoms with Crippen molar-refractivity contribution in [2.24, 2.45) is 0 Å². The van der Waals surface area contributed by atoms with Crippen molar-refractivity contribution in [3.63, 3.8) is 0 Å². The summed E-state index contributed by atoms with van der Waals surface area (Å²) < 4.78 is 24.5. The molecule has 0 saturated carbocycles. The molecule has 9 heteroatoms. The van der Waals surface area contributed by atoms with Crippen LogP contribution in [0.2, 0.25) is 10.0 Å². The molecule has 0 spiro atoms. The first kappa shape index (κ1) is 23.6. The molecular weight excluding hydrogens is 484 g/mol. The van der Waals surface area contributed by atoms with Crippen molar-refractivity contribution in [2.45, 2.75) is 6.04 Å². The van der Waals surface area contributed by atoms with Crippen LogP contribution in [0.4, 0.5) is 10.1 Å². The van der Waals surface area contributed by atoms with Gasteiger partial charge in [-0.05, 0) is 54.1 Å². The fraction of sp³-hybridized carbons (Fsp3) is 0.120. The van der Waals surface area contributed by atoms with Gasteiger partial charge in [0.1, 0.15) is 23.1 Å². The van der Waals surface area contributed by atoms with Crippen LogP contribution in [0, 0.1) is 5.82 Å². The summed E-state index contributed by atoms with van der Waals surface area (Å²) in [6.07, 6.45) is 0. The van der Waals surface area contributed by atoms with Crippen LogP contribution in [0.3, 0.4) is 0 Å². The highest BCUT2D eigenvalue weighted by Crippen LogP contribution is 2.44. The summed E-state index contributed by atoms with van der Waals surface area (Å²) in [6.45, 7) is 0. The van der Waals surface area contributed by atoms with Crippen LogP contribution in [-0.4, -0.2) is 31.0 Å². The van der Waals surface area contributed by atoms with Crippen LogP contribution in [0.15, 0.2) is 66.2 Å². The molecule has 0 aromatic heterocycles. The number of benzene rings is 3. The molecule has 6 nitrogen and oxygen atoms in total. The molecule has 0 aliphatic carbocycles. The van der Waals surface area contributed by atoms with E-state index in [0.29, 0.717) is 16.3 Å². The van der Waals surface area contributed by atoms with E-state index in [2.05, 4.69) is 0 Å². The normalized spacial score (nSPS) is 17.2. The first-order chi connectivity index (χ1) is 16.3. The smallest absolute Gasteiger partial charge is 0.300 e. The Morgan fingerprint density at radius 3 is 2.44 bits per heavy atom. The molecular formula is C25H18Cl2FNO5. The number of Topliss-reactive ketones (excluding diaryl/α,β-unsaturated/α-hetero) is 1. The minimum absolute atomic E-state index is 0.137. The number of ether oxygens (including phenoxy) is 2. The van der Waals surface area contributed by atoms with Crippen LogP contribution in [0.25, 0.3) is 5.76 Å². The van der Waals surface area contributed by atoms with Gasteiger partial charge < -0.3 is 14.6 Å². The van der Waals surface area contributed by atoms with Gasteiger partial charge in [-0.25, -0.2) is 4.39 Å². The van der Waals surface area contributed by atoms with Gasteiger partial charge in [-0.3, -0.25) is 14.5 Å². The summed E-state index contributed by atoms with van der Waals surface area (Å²) in [7, 11) is 2.88. The highest BCUT2D eigenvalue weighted by Gasteiger charge is 2.47. The van der Waals surface area contributed by atoms with E-state index in [1.54, 1.807) is 30.3 Å². The van der Waals surface area contributed by atoms with E-state index in [-0.39, 0.29) is 27.6 Å². The number of hydrogen-bond acceptors (Lipinski definition) is 5. The van der Waals surface area contributed by atoms with Gasteiger partial charge in [0.15, 0.2) is 0 Å². The average molecular weight is 502 g/mol. The summed E-state index contributed by atoms with van der Waals surface area (Å²) in [5.74, 6) is -2.28. The van der Waals surface area contributed by atoms with Crippen molar-refractivity contribution < 1.29 is 28.6 Å². The molecule has 0 bridgehead atoms. The highest BCUT2D eigenvalue weighted by atomic mass is 35.5. The number of amides is 1. The zero-order valence-electron chi connectivity index (χ0n) is 18.0. The Bertz CT molecular complexity index is 1340. The van der Waals surface area contributed by atoms with Gasteiger partial charge in [-0.2, -0.15) is 0 Å². The van der Waals surface area contributed by atoms with Crippen LogP contribution in [0.5, 0.6) is 11.5 Å². The Balaban J connectivity index is 2.01. The maximum atomic E-state index is 13.8. The van der Waals surface area contributed by atoms with Crippen molar-refractivity contribution in [2.75, 3.05) is 19.1 Å². The van der Waals surface area contributed by atoms with Crippen molar-refractivity contribution in [1.82, 2.24) is 0 Å². The molecule has 1 unspecified atom stereocenters. The SMILES string of the molecule is COc1cccc(C2/C(=C(\O)c3cc(Cl)ccc3OC)C(=O)C(=O)N2c2ccc(F)c(Cl)c2)c1. The number of rotatable bonds is 5. The molecule has 3 aromatic carbocycles. The number of halogens is 3. The molecule has 1 amide bonds. The topological polar surface area (TPSA) is 76.1 Å². The van der Waals surface area contributed by atoms with Crippen molar-refractivity contribution >= 4 is 46.3 Å². The van der Waals surface area contributed by atoms with Gasteiger partial charge in [0.2, 0.25) is 0 Å². The van der Waals surface area contributed by atoms with Crippen LogP contribution in [0.1, 0.15) is 17.2 Å². The summed E-state index contributed by atoms with van der Waals surface area (Å²) >= 11 is 12.1. The maximum Gasteiger partial charge on any atom is 0.300 e. The van der Waals surface area contributed by atoms with Gasteiger partial charge >= 0.3 is 0 Å².